The van der Waals surface area contributed by atoms with Crippen LogP contribution in [0.15, 0.2) is 11.1 Å². The van der Waals surface area contributed by atoms with Gasteiger partial charge in [-0.15, -0.1) is 0 Å². The van der Waals surface area contributed by atoms with Crippen molar-refractivity contribution in [2.75, 3.05) is 37.7 Å². The molecule has 3 rings (SSSR count). The second-order valence-electron chi connectivity index (χ2n) is 7.33. The van der Waals surface area contributed by atoms with E-state index in [0.29, 0.717) is 12.4 Å². The fourth-order valence-corrected chi connectivity index (χ4v) is 2.66. The van der Waals surface area contributed by atoms with Crippen LogP contribution in [0.5, 0.6) is 0 Å². The fourth-order valence-electron chi connectivity index (χ4n) is 2.66. The van der Waals surface area contributed by atoms with Gasteiger partial charge in [-0.1, -0.05) is 0 Å². The second kappa shape index (κ2) is 9.50. The molecule has 1 aliphatic rings. The van der Waals surface area contributed by atoms with Crippen LogP contribution in [-0.4, -0.2) is 70.1 Å². The van der Waals surface area contributed by atoms with E-state index < -0.39 is 6.09 Å². The lowest BCUT2D eigenvalue weighted by Gasteiger charge is -2.29. The van der Waals surface area contributed by atoms with Crippen LogP contribution in [0, 0.1) is 0 Å². The van der Waals surface area contributed by atoms with Crippen molar-refractivity contribution in [2.24, 2.45) is 7.05 Å². The van der Waals surface area contributed by atoms with E-state index >= 15 is 0 Å². The normalized spacial score (nSPS) is 14.2. The summed E-state index contributed by atoms with van der Waals surface area (Å²) in [7, 11) is 1.65. The highest BCUT2D eigenvalue weighted by Gasteiger charge is 2.21. The first-order valence-corrected chi connectivity index (χ1v) is 9.38. The first-order valence-electron chi connectivity index (χ1n) is 9.38. The number of carbonyl (C=O) groups is 2. The molecule has 0 radical (unpaired) electrons. The van der Waals surface area contributed by atoms with Crippen LogP contribution in [-0.2, 0) is 21.3 Å². The molecule has 0 aliphatic carbocycles. The summed E-state index contributed by atoms with van der Waals surface area (Å²) in [4.78, 5) is 44.6. The first kappa shape index (κ1) is 22.3. The lowest BCUT2D eigenvalue weighted by Crippen LogP contribution is -2.46. The summed E-state index contributed by atoms with van der Waals surface area (Å²) in [6.45, 7) is 11.1. The number of hydrogen-bond acceptors (Lipinski definition) is 9. The summed E-state index contributed by atoms with van der Waals surface area (Å²) < 4.78 is 12.0. The Labute approximate surface area is 168 Å². The van der Waals surface area contributed by atoms with Crippen molar-refractivity contribution >= 4 is 29.7 Å². The fraction of sp³-hybridized carbons (Fsp3) is 0.611. The number of nitrogens with zero attached hydrogens (tertiary/aromatic N) is 5. The number of hydrogen-bond donors (Lipinski definition) is 1. The minimum Gasteiger partial charge on any atom is -0.462 e. The average Bonchev–Trinajstić information content (AvgIpc) is 3.09. The molecule has 0 unspecified atom stereocenters. The zero-order chi connectivity index (χ0) is 21.6. The number of anilines is 1. The van der Waals surface area contributed by atoms with Crippen molar-refractivity contribution in [1.29, 1.82) is 0 Å². The molecule has 0 atom stereocenters. The molecule has 0 aromatic carbocycles. The third-order valence-corrected chi connectivity index (χ3v) is 4.03. The van der Waals surface area contributed by atoms with Gasteiger partial charge in [0.15, 0.2) is 11.2 Å². The predicted octanol–water partition coefficient (Wildman–Crippen LogP) is 0.502. The van der Waals surface area contributed by atoms with E-state index in [1.54, 1.807) is 14.0 Å². The summed E-state index contributed by atoms with van der Waals surface area (Å²) >= 11 is 0. The number of carbonyl (C=O) groups excluding carboxylic acids is 2. The highest BCUT2D eigenvalue weighted by molar-refractivity contribution is 5.84. The number of aromatic nitrogens is 4. The molecule has 1 N–H and O–H groups in total. The smallest absolute Gasteiger partial charge is 0.419 e. The Hall–Kier alpha value is -2.95. The van der Waals surface area contributed by atoms with Crippen molar-refractivity contribution in [2.45, 2.75) is 33.3 Å². The second-order valence-corrected chi connectivity index (χ2v) is 7.33. The number of fused-ring (bicyclic) bond motifs is 1. The van der Waals surface area contributed by atoms with E-state index in [9.17, 15) is 14.4 Å². The van der Waals surface area contributed by atoms with Gasteiger partial charge in [-0.25, -0.2) is 14.3 Å². The lowest BCUT2D eigenvalue weighted by atomic mass is 10.2. The Morgan fingerprint density at radius 2 is 1.97 bits per heavy atom. The molecule has 29 heavy (non-hydrogen) atoms. The van der Waals surface area contributed by atoms with Gasteiger partial charge in [0.05, 0.1) is 6.61 Å². The van der Waals surface area contributed by atoms with Gasteiger partial charge in [0.2, 0.25) is 5.95 Å². The van der Waals surface area contributed by atoms with Crippen molar-refractivity contribution < 1.29 is 19.1 Å². The minimum atomic E-state index is -0.626. The van der Waals surface area contributed by atoms with Crippen molar-refractivity contribution in [3.63, 3.8) is 0 Å². The van der Waals surface area contributed by atoms with Crippen LogP contribution in [0.4, 0.5) is 10.7 Å². The molecule has 11 heteroatoms. The Kier molecular flexibility index (Phi) is 7.32. The molecule has 0 bridgehead atoms. The van der Waals surface area contributed by atoms with Crippen LogP contribution < -0.4 is 15.8 Å². The van der Waals surface area contributed by atoms with Gasteiger partial charge in [0.25, 0.3) is 12.0 Å². The number of ether oxygens (including phenoxy) is 2. The molecule has 1 fully saturated rings. The SMILES string of the molecule is CC(C)(C)OC=O.CCOC(=O)n1cnc2nc(N3CCNCC3)n(C)c(=O)c21. The summed E-state index contributed by atoms with van der Waals surface area (Å²) in [6, 6.07) is 0. The van der Waals surface area contributed by atoms with Crippen LogP contribution >= 0.6 is 0 Å². The summed E-state index contributed by atoms with van der Waals surface area (Å²) in [6.07, 6.45) is 0.650. The minimum absolute atomic E-state index is 0.139. The van der Waals surface area contributed by atoms with Gasteiger partial charge in [0, 0.05) is 33.2 Å². The van der Waals surface area contributed by atoms with E-state index in [4.69, 9.17) is 4.74 Å². The monoisotopic (exact) mass is 408 g/mol. The zero-order valence-electron chi connectivity index (χ0n) is 17.5. The molecular weight excluding hydrogens is 380 g/mol. The topological polar surface area (TPSA) is 121 Å². The van der Waals surface area contributed by atoms with Crippen LogP contribution in [0.3, 0.4) is 0 Å². The number of piperazine rings is 1. The maximum Gasteiger partial charge on any atom is 0.419 e. The van der Waals surface area contributed by atoms with E-state index in [1.165, 1.54) is 10.9 Å². The molecule has 160 valence electrons. The average molecular weight is 408 g/mol. The third kappa shape index (κ3) is 5.53. The highest BCUT2D eigenvalue weighted by Crippen LogP contribution is 2.14. The molecule has 3 heterocycles. The maximum atomic E-state index is 12.6. The van der Waals surface area contributed by atoms with Crippen LogP contribution in [0.2, 0.25) is 0 Å². The molecule has 0 amide bonds. The Balaban J connectivity index is 0.000000370. The number of rotatable bonds is 3. The van der Waals surface area contributed by atoms with Gasteiger partial charge in [-0.2, -0.15) is 4.98 Å². The van der Waals surface area contributed by atoms with Crippen LogP contribution in [0.25, 0.3) is 11.2 Å². The standard InChI is InChI=1S/C13H18N6O3.C5H10O2/c1-3-22-13(21)19-8-15-10-9(19)11(20)17(2)12(16-10)18-6-4-14-5-7-18;1-5(2,3)7-4-6/h8,14H,3-7H2,1-2H3;4H,1-3H3. The molecule has 1 saturated heterocycles. The summed E-state index contributed by atoms with van der Waals surface area (Å²) in [5, 5.41) is 3.25. The van der Waals surface area contributed by atoms with Gasteiger partial charge < -0.3 is 19.7 Å². The van der Waals surface area contributed by atoms with Crippen LogP contribution in [0.1, 0.15) is 27.7 Å². The van der Waals surface area contributed by atoms with Gasteiger partial charge >= 0.3 is 6.09 Å². The van der Waals surface area contributed by atoms with Crippen molar-refractivity contribution in [3.8, 4) is 0 Å². The van der Waals surface area contributed by atoms with E-state index in [0.717, 1.165) is 30.7 Å². The molecular formula is C18H28N6O5. The van der Waals surface area contributed by atoms with Crippen molar-refractivity contribution in [3.05, 3.63) is 16.7 Å². The molecule has 0 saturated carbocycles. The molecule has 11 nitrogen and oxygen atoms in total. The third-order valence-electron chi connectivity index (χ3n) is 4.03. The van der Waals surface area contributed by atoms with Crippen molar-refractivity contribution in [1.82, 2.24) is 24.4 Å². The van der Waals surface area contributed by atoms with E-state index in [-0.39, 0.29) is 28.9 Å². The Morgan fingerprint density at radius 1 is 1.31 bits per heavy atom. The maximum absolute atomic E-state index is 12.6. The van der Waals surface area contributed by atoms with Gasteiger partial charge in [-0.3, -0.25) is 14.2 Å². The quantitative estimate of drug-likeness (QED) is 0.724. The summed E-state index contributed by atoms with van der Waals surface area (Å²) in [5.74, 6) is 0.563. The van der Waals surface area contributed by atoms with Gasteiger partial charge in [-0.05, 0) is 27.7 Å². The number of nitrogens with one attached hydrogen (secondary N) is 1. The zero-order valence-corrected chi connectivity index (χ0v) is 17.5. The van der Waals surface area contributed by atoms with E-state index in [2.05, 4.69) is 20.0 Å². The Morgan fingerprint density at radius 3 is 2.48 bits per heavy atom. The molecule has 2 aromatic rings. The lowest BCUT2D eigenvalue weighted by molar-refractivity contribution is -0.138. The van der Waals surface area contributed by atoms with Gasteiger partial charge in [0.1, 0.15) is 11.9 Å². The molecule has 2 aromatic heterocycles. The predicted molar refractivity (Wildman–Crippen MR) is 107 cm³/mol. The largest absolute Gasteiger partial charge is 0.462 e. The first-order chi connectivity index (χ1) is 13.7. The number of imidazole rings is 1. The highest BCUT2D eigenvalue weighted by atomic mass is 16.5. The summed E-state index contributed by atoms with van der Waals surface area (Å²) in [5.41, 5.74) is -0.240. The Bertz CT molecular complexity index is 908. The van der Waals surface area contributed by atoms with E-state index in [1.807, 2.05) is 25.7 Å². The molecule has 0 spiro atoms. The molecule has 1 aliphatic heterocycles.